The topological polar surface area (TPSA) is 140 Å². The molecular weight excluding hydrogens is 302 g/mol. The number of carbonyl (C=O) groups is 1. The molecule has 0 aliphatic carbocycles. The van der Waals surface area contributed by atoms with Gasteiger partial charge in [0, 0.05) is 0 Å². The van der Waals surface area contributed by atoms with E-state index in [-0.39, 0.29) is 28.1 Å². The Morgan fingerprint density at radius 1 is 1.38 bits per heavy atom. The molecule has 10 nitrogen and oxygen atoms in total. The summed E-state index contributed by atoms with van der Waals surface area (Å²) in [5, 5.41) is 16.2. The van der Waals surface area contributed by atoms with Crippen LogP contribution in [0.3, 0.4) is 0 Å². The van der Waals surface area contributed by atoms with Gasteiger partial charge in [0.1, 0.15) is 11.4 Å². The predicted octanol–water partition coefficient (Wildman–Crippen LogP) is 0.0768. The summed E-state index contributed by atoms with van der Waals surface area (Å²) in [6.07, 6.45) is 0. The quantitative estimate of drug-likeness (QED) is 0.790. The molecule has 2 aromatic heterocycles. The zero-order valence-electron chi connectivity index (χ0n) is 11.5. The first-order chi connectivity index (χ1) is 9.70. The number of carboxylic acids is 1. The normalized spacial score (nSPS) is 11.6. The standard InChI is InChI=1S/C10H13N5O5S/c1-5-9(6(2)15(12-5)4-8(16)17)21(18,19)14-10-11-7(3)13-20-10/h4H2,1-3H3,(H,16,17)(H,11,13,14). The molecule has 0 aromatic carbocycles. The van der Waals surface area contributed by atoms with Crippen LogP contribution < -0.4 is 4.72 Å². The highest BCUT2D eigenvalue weighted by Crippen LogP contribution is 2.21. The molecule has 0 saturated heterocycles. The SMILES string of the molecule is Cc1noc(NS(=O)(=O)c2c(C)nn(CC(=O)O)c2C)n1. The molecule has 21 heavy (non-hydrogen) atoms. The Bertz CT molecular complexity index is 791. The van der Waals surface area contributed by atoms with E-state index in [4.69, 9.17) is 9.63 Å². The van der Waals surface area contributed by atoms with E-state index in [1.807, 2.05) is 0 Å². The minimum atomic E-state index is -4.00. The lowest BCUT2D eigenvalue weighted by atomic mass is 10.4. The molecule has 11 heteroatoms. The van der Waals surface area contributed by atoms with Gasteiger partial charge in [-0.25, -0.2) is 13.1 Å². The highest BCUT2D eigenvalue weighted by Gasteiger charge is 2.26. The smallest absolute Gasteiger partial charge is 0.335 e. The van der Waals surface area contributed by atoms with Crippen molar-refractivity contribution in [2.24, 2.45) is 0 Å². The minimum absolute atomic E-state index is 0.111. The fraction of sp³-hybridized carbons (Fsp3) is 0.400. The second-order valence-corrected chi connectivity index (χ2v) is 5.92. The number of nitrogens with one attached hydrogen (secondary N) is 1. The summed E-state index contributed by atoms with van der Waals surface area (Å²) in [4.78, 5) is 14.4. The molecule has 0 saturated carbocycles. The van der Waals surface area contributed by atoms with Crippen LogP contribution in [0.1, 0.15) is 17.2 Å². The summed E-state index contributed by atoms with van der Waals surface area (Å²) in [5.74, 6) is -0.840. The molecule has 2 rings (SSSR count). The predicted molar refractivity (Wildman–Crippen MR) is 69.2 cm³/mol. The molecule has 0 amide bonds. The number of aromatic nitrogens is 4. The van der Waals surface area contributed by atoms with Crippen LogP contribution in [0.4, 0.5) is 6.01 Å². The highest BCUT2D eigenvalue weighted by molar-refractivity contribution is 7.92. The van der Waals surface area contributed by atoms with Gasteiger partial charge >= 0.3 is 12.0 Å². The zero-order chi connectivity index (χ0) is 15.8. The fourth-order valence-corrected chi connectivity index (χ4v) is 3.19. The summed E-state index contributed by atoms with van der Waals surface area (Å²) < 4.78 is 32.6. The van der Waals surface area contributed by atoms with Crippen LogP contribution in [-0.4, -0.2) is 39.4 Å². The monoisotopic (exact) mass is 315 g/mol. The third-order valence-corrected chi connectivity index (χ3v) is 4.19. The summed E-state index contributed by atoms with van der Waals surface area (Å²) in [6, 6.07) is -0.266. The van der Waals surface area contributed by atoms with Crippen molar-refractivity contribution in [2.75, 3.05) is 4.72 Å². The van der Waals surface area contributed by atoms with Crippen molar-refractivity contribution in [1.29, 1.82) is 0 Å². The van der Waals surface area contributed by atoms with Crippen LogP contribution in [0, 0.1) is 20.8 Å². The molecule has 0 spiro atoms. The van der Waals surface area contributed by atoms with E-state index in [9.17, 15) is 13.2 Å². The van der Waals surface area contributed by atoms with Gasteiger partial charge in [-0.05, 0) is 20.8 Å². The number of aryl methyl sites for hydroxylation is 2. The van der Waals surface area contributed by atoms with E-state index in [1.54, 1.807) is 6.92 Å². The lowest BCUT2D eigenvalue weighted by molar-refractivity contribution is -0.137. The molecule has 0 bridgehead atoms. The van der Waals surface area contributed by atoms with E-state index in [1.165, 1.54) is 13.8 Å². The number of rotatable bonds is 5. The van der Waals surface area contributed by atoms with Gasteiger partial charge in [-0.15, -0.1) is 0 Å². The van der Waals surface area contributed by atoms with Gasteiger partial charge in [-0.3, -0.25) is 9.48 Å². The molecule has 114 valence electrons. The van der Waals surface area contributed by atoms with E-state index in [2.05, 4.69) is 20.0 Å². The Morgan fingerprint density at radius 2 is 2.05 bits per heavy atom. The second kappa shape index (κ2) is 5.16. The van der Waals surface area contributed by atoms with E-state index in [0.717, 1.165) is 4.68 Å². The van der Waals surface area contributed by atoms with Gasteiger partial charge < -0.3 is 9.63 Å². The molecule has 2 N–H and O–H groups in total. The van der Waals surface area contributed by atoms with Crippen molar-refractivity contribution in [3.05, 3.63) is 17.2 Å². The minimum Gasteiger partial charge on any atom is -0.480 e. The van der Waals surface area contributed by atoms with E-state index in [0.29, 0.717) is 0 Å². The van der Waals surface area contributed by atoms with Gasteiger partial charge in [0.2, 0.25) is 0 Å². The fourth-order valence-electron chi connectivity index (χ4n) is 1.86. The molecule has 0 fully saturated rings. The average Bonchev–Trinajstić information content (AvgIpc) is 2.82. The molecule has 0 aliphatic heterocycles. The third-order valence-electron chi connectivity index (χ3n) is 2.62. The van der Waals surface area contributed by atoms with E-state index < -0.39 is 22.5 Å². The van der Waals surface area contributed by atoms with Crippen molar-refractivity contribution >= 4 is 22.0 Å². The Morgan fingerprint density at radius 3 is 2.57 bits per heavy atom. The lowest BCUT2D eigenvalue weighted by Gasteiger charge is -2.04. The first kappa shape index (κ1) is 15.0. The number of anilines is 1. The first-order valence-corrected chi connectivity index (χ1v) is 7.28. The number of nitrogens with zero attached hydrogens (tertiary/aromatic N) is 4. The van der Waals surface area contributed by atoms with Crippen molar-refractivity contribution in [1.82, 2.24) is 19.9 Å². The molecule has 2 heterocycles. The van der Waals surface area contributed by atoms with Gasteiger partial charge in [0.25, 0.3) is 10.0 Å². The summed E-state index contributed by atoms with van der Waals surface area (Å²) >= 11 is 0. The second-order valence-electron chi connectivity index (χ2n) is 4.30. The van der Waals surface area contributed by atoms with Crippen molar-refractivity contribution < 1.29 is 22.8 Å². The molecule has 0 atom stereocenters. The van der Waals surface area contributed by atoms with Gasteiger partial charge in [-0.1, -0.05) is 5.16 Å². The lowest BCUT2D eigenvalue weighted by Crippen LogP contribution is -2.16. The molecule has 0 radical (unpaired) electrons. The van der Waals surface area contributed by atoms with Gasteiger partial charge in [0.05, 0.1) is 11.4 Å². The van der Waals surface area contributed by atoms with Gasteiger partial charge in [-0.2, -0.15) is 10.1 Å². The van der Waals surface area contributed by atoms with Crippen molar-refractivity contribution in [3.8, 4) is 0 Å². The largest absolute Gasteiger partial charge is 0.480 e. The Balaban J connectivity index is 2.40. The molecular formula is C10H13N5O5S. The number of hydrogen-bond acceptors (Lipinski definition) is 7. The average molecular weight is 315 g/mol. The number of aliphatic carboxylic acids is 1. The maximum Gasteiger partial charge on any atom is 0.335 e. The van der Waals surface area contributed by atoms with Crippen molar-refractivity contribution in [3.63, 3.8) is 0 Å². The first-order valence-electron chi connectivity index (χ1n) is 5.79. The van der Waals surface area contributed by atoms with E-state index >= 15 is 0 Å². The molecule has 0 aliphatic rings. The molecule has 2 aromatic rings. The van der Waals surface area contributed by atoms with Crippen LogP contribution in [0.2, 0.25) is 0 Å². The van der Waals surface area contributed by atoms with Crippen LogP contribution >= 0.6 is 0 Å². The highest BCUT2D eigenvalue weighted by atomic mass is 32.2. The summed E-state index contributed by atoms with van der Waals surface area (Å²) in [6.45, 7) is 4.06. The van der Waals surface area contributed by atoms with Crippen LogP contribution in [0.5, 0.6) is 0 Å². The number of sulfonamides is 1. The summed E-state index contributed by atoms with van der Waals surface area (Å²) in [7, 11) is -4.00. The number of hydrogen-bond donors (Lipinski definition) is 2. The summed E-state index contributed by atoms with van der Waals surface area (Å²) in [5.41, 5.74) is 0.385. The van der Waals surface area contributed by atoms with Crippen LogP contribution in [0.15, 0.2) is 9.42 Å². The Hall–Kier alpha value is -2.43. The van der Waals surface area contributed by atoms with Crippen LogP contribution in [-0.2, 0) is 21.4 Å². The van der Waals surface area contributed by atoms with Crippen molar-refractivity contribution in [2.45, 2.75) is 32.2 Å². The molecule has 0 unspecified atom stereocenters. The third kappa shape index (κ3) is 3.02. The number of carboxylic acid groups (broad SMARTS) is 1. The maximum absolute atomic E-state index is 12.3. The zero-order valence-corrected chi connectivity index (χ0v) is 12.3. The maximum atomic E-state index is 12.3. The Kier molecular flexibility index (Phi) is 3.68. The van der Waals surface area contributed by atoms with Crippen LogP contribution in [0.25, 0.3) is 0 Å². The Labute approximate surface area is 119 Å². The van der Waals surface area contributed by atoms with Gasteiger partial charge in [0.15, 0.2) is 5.82 Å².